The highest BCUT2D eigenvalue weighted by molar-refractivity contribution is 5.55. The van der Waals surface area contributed by atoms with Gasteiger partial charge < -0.3 is 9.40 Å². The second-order valence-corrected chi connectivity index (χ2v) is 3.13. The van der Waals surface area contributed by atoms with Crippen molar-refractivity contribution < 1.29 is 4.42 Å². The van der Waals surface area contributed by atoms with Crippen LogP contribution in [-0.4, -0.2) is 14.6 Å². The molecule has 1 N–H and O–H groups in total. The van der Waals surface area contributed by atoms with Crippen molar-refractivity contribution in [2.75, 3.05) is 0 Å². The Morgan fingerprint density at radius 1 is 1.40 bits per heavy atom. The van der Waals surface area contributed by atoms with Crippen molar-refractivity contribution in [3.05, 3.63) is 47.1 Å². The maximum absolute atomic E-state index is 11.6. The van der Waals surface area contributed by atoms with E-state index in [1.54, 1.807) is 30.7 Å². The maximum Gasteiger partial charge on any atom is 0.275 e. The van der Waals surface area contributed by atoms with Gasteiger partial charge in [-0.05, 0) is 12.1 Å². The van der Waals surface area contributed by atoms with Crippen LogP contribution in [0.2, 0.25) is 0 Å². The number of nitrogens with one attached hydrogen (secondary N) is 1. The standard InChI is InChI=1S/C10H7N3O2/c14-10-6-7(8-2-1-5-15-8)12-9-3-4-11-13(9)10/h1-6,12H. The predicted octanol–water partition coefficient (Wildman–Crippen LogP) is 1.28. The Morgan fingerprint density at radius 3 is 3.13 bits per heavy atom. The normalized spacial score (nSPS) is 10.9. The zero-order chi connectivity index (χ0) is 10.3. The highest BCUT2D eigenvalue weighted by atomic mass is 16.3. The highest BCUT2D eigenvalue weighted by Crippen LogP contribution is 2.15. The largest absolute Gasteiger partial charge is 0.463 e. The first kappa shape index (κ1) is 8.05. The molecule has 3 heterocycles. The molecule has 5 heteroatoms. The van der Waals surface area contributed by atoms with E-state index in [1.807, 2.05) is 0 Å². The van der Waals surface area contributed by atoms with E-state index >= 15 is 0 Å². The summed E-state index contributed by atoms with van der Waals surface area (Å²) < 4.78 is 6.50. The Labute approximate surface area is 84.0 Å². The van der Waals surface area contributed by atoms with Gasteiger partial charge >= 0.3 is 0 Å². The van der Waals surface area contributed by atoms with Gasteiger partial charge in [-0.25, -0.2) is 0 Å². The van der Waals surface area contributed by atoms with Crippen LogP contribution in [-0.2, 0) is 0 Å². The molecule has 5 nitrogen and oxygen atoms in total. The molecule has 3 aromatic rings. The maximum atomic E-state index is 11.6. The number of aromatic nitrogens is 3. The lowest BCUT2D eigenvalue weighted by Crippen LogP contribution is -2.13. The van der Waals surface area contributed by atoms with Crippen LogP contribution in [0.15, 0.2) is 45.9 Å². The van der Waals surface area contributed by atoms with Crippen LogP contribution in [0.4, 0.5) is 0 Å². The first-order chi connectivity index (χ1) is 7.34. The molecule has 0 bridgehead atoms. The van der Waals surface area contributed by atoms with Gasteiger partial charge in [-0.1, -0.05) is 0 Å². The summed E-state index contributed by atoms with van der Waals surface area (Å²) in [6, 6.07) is 6.75. The molecular weight excluding hydrogens is 194 g/mol. The summed E-state index contributed by atoms with van der Waals surface area (Å²) >= 11 is 0. The number of aromatic amines is 1. The summed E-state index contributed by atoms with van der Waals surface area (Å²) in [5.41, 5.74) is 1.12. The molecule has 0 atom stereocenters. The lowest BCUT2D eigenvalue weighted by atomic mass is 10.3. The zero-order valence-electron chi connectivity index (χ0n) is 7.68. The molecule has 15 heavy (non-hydrogen) atoms. The first-order valence-corrected chi connectivity index (χ1v) is 4.45. The van der Waals surface area contributed by atoms with Crippen LogP contribution in [0.25, 0.3) is 17.1 Å². The fourth-order valence-electron chi connectivity index (χ4n) is 1.50. The molecule has 0 saturated carbocycles. The zero-order valence-corrected chi connectivity index (χ0v) is 7.68. The molecule has 3 aromatic heterocycles. The van der Waals surface area contributed by atoms with Crippen molar-refractivity contribution in [3.63, 3.8) is 0 Å². The number of nitrogens with zero attached hydrogens (tertiary/aromatic N) is 2. The average Bonchev–Trinajstić information content (AvgIpc) is 2.88. The average molecular weight is 201 g/mol. The number of hydrogen-bond donors (Lipinski definition) is 1. The van der Waals surface area contributed by atoms with Gasteiger partial charge in [0.15, 0.2) is 0 Å². The Morgan fingerprint density at radius 2 is 2.33 bits per heavy atom. The lowest BCUT2D eigenvalue weighted by Gasteiger charge is -1.98. The van der Waals surface area contributed by atoms with Gasteiger partial charge in [-0.2, -0.15) is 9.61 Å². The molecule has 0 radical (unpaired) electrons. The van der Waals surface area contributed by atoms with E-state index in [2.05, 4.69) is 10.1 Å². The minimum atomic E-state index is -0.180. The smallest absolute Gasteiger partial charge is 0.275 e. The van der Waals surface area contributed by atoms with E-state index in [9.17, 15) is 4.79 Å². The molecule has 0 aliphatic carbocycles. The SMILES string of the molecule is O=c1cc(-c2ccco2)[nH]c2ccnn12. The fraction of sp³-hybridized carbons (Fsp3) is 0. The second-order valence-electron chi connectivity index (χ2n) is 3.13. The van der Waals surface area contributed by atoms with Crippen LogP contribution in [0.5, 0.6) is 0 Å². The molecule has 0 spiro atoms. The summed E-state index contributed by atoms with van der Waals surface area (Å²) in [5.74, 6) is 0.635. The Balaban J connectivity index is 2.34. The van der Waals surface area contributed by atoms with Crippen molar-refractivity contribution in [2.24, 2.45) is 0 Å². The summed E-state index contributed by atoms with van der Waals surface area (Å²) in [7, 11) is 0. The van der Waals surface area contributed by atoms with Crippen molar-refractivity contribution in [1.82, 2.24) is 14.6 Å². The minimum Gasteiger partial charge on any atom is -0.463 e. The Kier molecular flexibility index (Phi) is 1.53. The molecule has 0 unspecified atom stereocenters. The lowest BCUT2D eigenvalue weighted by molar-refractivity contribution is 0.580. The molecule has 0 amide bonds. The third-order valence-electron chi connectivity index (χ3n) is 2.17. The van der Waals surface area contributed by atoms with E-state index in [0.29, 0.717) is 17.1 Å². The van der Waals surface area contributed by atoms with Crippen molar-refractivity contribution >= 4 is 5.65 Å². The van der Waals surface area contributed by atoms with E-state index in [1.165, 1.54) is 10.6 Å². The summed E-state index contributed by atoms with van der Waals surface area (Å²) in [6.07, 6.45) is 3.13. The Hall–Kier alpha value is -2.30. The van der Waals surface area contributed by atoms with Crippen molar-refractivity contribution in [2.45, 2.75) is 0 Å². The second kappa shape index (κ2) is 2.84. The van der Waals surface area contributed by atoms with Crippen LogP contribution < -0.4 is 5.56 Å². The molecule has 0 aromatic carbocycles. The van der Waals surface area contributed by atoms with Crippen molar-refractivity contribution in [1.29, 1.82) is 0 Å². The molecule has 0 aliphatic rings. The van der Waals surface area contributed by atoms with Crippen LogP contribution in [0.1, 0.15) is 0 Å². The fourth-order valence-corrected chi connectivity index (χ4v) is 1.50. The molecular formula is C10H7N3O2. The van der Waals surface area contributed by atoms with Crippen LogP contribution in [0.3, 0.4) is 0 Å². The third kappa shape index (κ3) is 1.17. The molecule has 3 rings (SSSR count). The monoisotopic (exact) mass is 201 g/mol. The van der Waals surface area contributed by atoms with E-state index in [0.717, 1.165) is 0 Å². The van der Waals surface area contributed by atoms with Crippen LogP contribution in [0, 0.1) is 0 Å². The number of rotatable bonds is 1. The molecule has 74 valence electrons. The number of fused-ring (bicyclic) bond motifs is 1. The summed E-state index contributed by atoms with van der Waals surface area (Å²) in [5, 5.41) is 3.88. The van der Waals surface area contributed by atoms with E-state index in [4.69, 9.17) is 4.42 Å². The summed E-state index contributed by atoms with van der Waals surface area (Å²) in [4.78, 5) is 14.7. The molecule has 0 saturated heterocycles. The third-order valence-corrected chi connectivity index (χ3v) is 2.17. The van der Waals surface area contributed by atoms with Gasteiger partial charge in [0, 0.05) is 12.1 Å². The number of furan rings is 1. The first-order valence-electron chi connectivity index (χ1n) is 4.45. The summed E-state index contributed by atoms with van der Waals surface area (Å²) in [6.45, 7) is 0. The number of H-pyrrole nitrogens is 1. The predicted molar refractivity (Wildman–Crippen MR) is 53.5 cm³/mol. The van der Waals surface area contributed by atoms with Gasteiger partial charge in [0.25, 0.3) is 5.56 Å². The quantitative estimate of drug-likeness (QED) is 0.645. The van der Waals surface area contributed by atoms with Gasteiger partial charge in [-0.15, -0.1) is 0 Å². The van der Waals surface area contributed by atoms with Gasteiger partial charge in [0.1, 0.15) is 11.4 Å². The Bertz CT molecular complexity index is 649. The highest BCUT2D eigenvalue weighted by Gasteiger charge is 2.05. The van der Waals surface area contributed by atoms with E-state index in [-0.39, 0.29) is 5.56 Å². The number of hydrogen-bond acceptors (Lipinski definition) is 3. The van der Waals surface area contributed by atoms with Gasteiger partial charge in [-0.3, -0.25) is 4.79 Å². The van der Waals surface area contributed by atoms with E-state index < -0.39 is 0 Å². The topological polar surface area (TPSA) is 63.3 Å². The molecule has 0 fully saturated rings. The van der Waals surface area contributed by atoms with Crippen LogP contribution >= 0.6 is 0 Å². The minimum absolute atomic E-state index is 0.180. The van der Waals surface area contributed by atoms with Gasteiger partial charge in [0.2, 0.25) is 0 Å². The van der Waals surface area contributed by atoms with Gasteiger partial charge in [0.05, 0.1) is 18.2 Å². The van der Waals surface area contributed by atoms with Crippen molar-refractivity contribution in [3.8, 4) is 11.5 Å². The molecule has 0 aliphatic heterocycles.